The summed E-state index contributed by atoms with van der Waals surface area (Å²) < 4.78 is 0. The number of rotatable bonds is 1. The highest BCUT2D eigenvalue weighted by molar-refractivity contribution is 8.00. The summed E-state index contributed by atoms with van der Waals surface area (Å²) >= 11 is 13.5. The molecule has 2 amide bonds. The molecular weight excluding hydrogens is 353 g/mol. The molecule has 0 fully saturated rings. The highest BCUT2D eigenvalue weighted by atomic mass is 35.5. The van der Waals surface area contributed by atoms with Crippen LogP contribution in [0.15, 0.2) is 52.4 Å². The fourth-order valence-corrected chi connectivity index (χ4v) is 3.55. The minimum atomic E-state index is -0.440. The van der Waals surface area contributed by atoms with Crippen molar-refractivity contribution in [3.05, 3.63) is 52.5 Å². The van der Waals surface area contributed by atoms with Gasteiger partial charge in [-0.25, -0.2) is 4.79 Å². The summed E-state index contributed by atoms with van der Waals surface area (Å²) in [5.74, 6) is 1.34. The van der Waals surface area contributed by atoms with Crippen LogP contribution < -0.4 is 10.2 Å². The molecule has 0 radical (unpaired) electrons. The summed E-state index contributed by atoms with van der Waals surface area (Å²) in [7, 11) is 1.91. The number of thioether (sulfide) groups is 1. The Hall–Kier alpha value is -1.69. The predicted molar refractivity (Wildman–Crippen MR) is 98.5 cm³/mol. The number of urea groups is 1. The molecule has 1 N–H and O–H groups in total. The number of amides is 2. The van der Waals surface area contributed by atoms with Crippen molar-refractivity contribution in [1.82, 2.24) is 0 Å². The number of benzene rings is 2. The summed E-state index contributed by atoms with van der Waals surface area (Å²) in [5, 5.41) is 3.52. The Kier molecular flexibility index (Phi) is 4.80. The SMILES string of the molecule is CN1/C(=N\C(=O)Nc2ccc(Cl)c(Cl)c2)CSc2ccccc21. The van der Waals surface area contributed by atoms with Gasteiger partial charge in [-0.1, -0.05) is 35.3 Å². The molecule has 3 rings (SSSR count). The van der Waals surface area contributed by atoms with E-state index >= 15 is 0 Å². The maximum atomic E-state index is 12.1. The van der Waals surface area contributed by atoms with Gasteiger partial charge in [-0.3, -0.25) is 0 Å². The van der Waals surface area contributed by atoms with E-state index in [2.05, 4.69) is 16.4 Å². The molecule has 0 saturated heterocycles. The second-order valence-electron chi connectivity index (χ2n) is 4.90. The van der Waals surface area contributed by atoms with Crippen LogP contribution in [-0.2, 0) is 0 Å². The van der Waals surface area contributed by atoms with Crippen molar-refractivity contribution < 1.29 is 4.79 Å². The van der Waals surface area contributed by atoms with Crippen LogP contribution in [0.1, 0.15) is 0 Å². The molecule has 0 atom stereocenters. The second kappa shape index (κ2) is 6.83. The Morgan fingerprint density at radius 2 is 2.00 bits per heavy atom. The van der Waals surface area contributed by atoms with Crippen molar-refractivity contribution in [3.8, 4) is 0 Å². The van der Waals surface area contributed by atoms with E-state index < -0.39 is 6.03 Å². The number of hydrogen-bond acceptors (Lipinski definition) is 2. The molecule has 0 aromatic heterocycles. The number of hydrogen-bond donors (Lipinski definition) is 1. The first-order valence-corrected chi connectivity index (χ1v) is 8.58. The highest BCUT2D eigenvalue weighted by Gasteiger charge is 2.20. The van der Waals surface area contributed by atoms with Gasteiger partial charge in [0.1, 0.15) is 5.84 Å². The van der Waals surface area contributed by atoms with Crippen LogP contribution >= 0.6 is 35.0 Å². The zero-order valence-electron chi connectivity index (χ0n) is 12.2. The van der Waals surface area contributed by atoms with Gasteiger partial charge in [0, 0.05) is 17.6 Å². The number of aliphatic imine (C=N–C) groups is 1. The molecule has 0 spiro atoms. The van der Waals surface area contributed by atoms with Crippen molar-refractivity contribution >= 4 is 58.2 Å². The number of carbonyl (C=O) groups excluding carboxylic acids is 1. The first-order chi connectivity index (χ1) is 11.0. The summed E-state index contributed by atoms with van der Waals surface area (Å²) in [5.41, 5.74) is 1.60. The largest absolute Gasteiger partial charge is 0.347 e. The van der Waals surface area contributed by atoms with Crippen LogP contribution in [0.25, 0.3) is 0 Å². The number of amidine groups is 1. The minimum Gasteiger partial charge on any atom is -0.331 e. The molecule has 0 bridgehead atoms. The molecule has 1 heterocycles. The van der Waals surface area contributed by atoms with Crippen LogP contribution in [0.5, 0.6) is 0 Å². The Bertz CT molecular complexity index is 795. The fourth-order valence-electron chi connectivity index (χ4n) is 2.18. The highest BCUT2D eigenvalue weighted by Crippen LogP contribution is 2.34. The molecule has 1 aliphatic rings. The third kappa shape index (κ3) is 3.63. The molecule has 1 aliphatic heterocycles. The fraction of sp³-hybridized carbons (Fsp3) is 0.125. The van der Waals surface area contributed by atoms with E-state index in [4.69, 9.17) is 23.2 Å². The minimum absolute atomic E-state index is 0.386. The van der Waals surface area contributed by atoms with Gasteiger partial charge in [-0.05, 0) is 30.3 Å². The Balaban J connectivity index is 1.76. The van der Waals surface area contributed by atoms with Gasteiger partial charge in [0.15, 0.2) is 0 Å². The standard InChI is InChI=1S/C16H13Cl2N3OS/c1-21-13-4-2-3-5-14(13)23-9-15(21)20-16(22)19-10-6-7-11(17)12(18)8-10/h2-8H,9H2,1H3,(H,19,22)/b20-15-. The molecule has 4 nitrogen and oxygen atoms in total. The molecule has 2 aromatic carbocycles. The monoisotopic (exact) mass is 365 g/mol. The molecule has 118 valence electrons. The van der Waals surface area contributed by atoms with Gasteiger partial charge in [0.05, 0.1) is 21.5 Å². The van der Waals surface area contributed by atoms with E-state index in [0.717, 1.165) is 5.69 Å². The Labute approximate surface area is 148 Å². The van der Waals surface area contributed by atoms with Gasteiger partial charge in [0.2, 0.25) is 0 Å². The predicted octanol–water partition coefficient (Wildman–Crippen LogP) is 5.17. The number of fused-ring (bicyclic) bond motifs is 1. The lowest BCUT2D eigenvalue weighted by atomic mass is 10.3. The van der Waals surface area contributed by atoms with Crippen LogP contribution in [0.4, 0.5) is 16.2 Å². The smallest absolute Gasteiger partial charge is 0.331 e. The van der Waals surface area contributed by atoms with E-state index in [1.54, 1.807) is 30.0 Å². The van der Waals surface area contributed by atoms with Crippen LogP contribution in [0.2, 0.25) is 10.0 Å². The number of halogens is 2. The Morgan fingerprint density at radius 3 is 2.78 bits per heavy atom. The van der Waals surface area contributed by atoms with Gasteiger partial charge in [0.25, 0.3) is 0 Å². The first-order valence-electron chi connectivity index (χ1n) is 6.84. The normalized spacial score (nSPS) is 15.4. The van der Waals surface area contributed by atoms with E-state index in [-0.39, 0.29) is 0 Å². The molecule has 2 aromatic rings. The van der Waals surface area contributed by atoms with Crippen molar-refractivity contribution in [3.63, 3.8) is 0 Å². The summed E-state index contributed by atoms with van der Waals surface area (Å²) in [4.78, 5) is 19.4. The third-order valence-electron chi connectivity index (χ3n) is 3.37. The number of carbonyl (C=O) groups is 1. The van der Waals surface area contributed by atoms with E-state index in [9.17, 15) is 4.79 Å². The molecule has 0 unspecified atom stereocenters. The maximum absolute atomic E-state index is 12.1. The lowest BCUT2D eigenvalue weighted by molar-refractivity contribution is 0.259. The average molecular weight is 366 g/mol. The van der Waals surface area contributed by atoms with E-state index in [1.807, 2.05) is 30.1 Å². The first kappa shape index (κ1) is 16.2. The van der Waals surface area contributed by atoms with Crippen LogP contribution in [-0.4, -0.2) is 24.7 Å². The van der Waals surface area contributed by atoms with Gasteiger partial charge < -0.3 is 10.2 Å². The van der Waals surface area contributed by atoms with Crippen LogP contribution in [0.3, 0.4) is 0 Å². The lowest BCUT2D eigenvalue weighted by Gasteiger charge is -2.28. The maximum Gasteiger partial charge on any atom is 0.347 e. The molecule has 0 saturated carbocycles. The van der Waals surface area contributed by atoms with Gasteiger partial charge in [-0.15, -0.1) is 11.8 Å². The van der Waals surface area contributed by atoms with Crippen molar-refractivity contribution in [2.75, 3.05) is 23.0 Å². The topological polar surface area (TPSA) is 44.7 Å². The molecule has 7 heteroatoms. The van der Waals surface area contributed by atoms with Crippen molar-refractivity contribution in [2.24, 2.45) is 4.99 Å². The van der Waals surface area contributed by atoms with Crippen molar-refractivity contribution in [2.45, 2.75) is 4.90 Å². The second-order valence-corrected chi connectivity index (χ2v) is 6.73. The lowest BCUT2D eigenvalue weighted by Crippen LogP contribution is -2.33. The van der Waals surface area contributed by atoms with Gasteiger partial charge in [-0.2, -0.15) is 4.99 Å². The molecule has 23 heavy (non-hydrogen) atoms. The number of nitrogens with one attached hydrogen (secondary N) is 1. The van der Waals surface area contributed by atoms with E-state index in [0.29, 0.717) is 27.3 Å². The third-order valence-corrected chi connectivity index (χ3v) is 5.17. The quantitative estimate of drug-likeness (QED) is 0.758. The Morgan fingerprint density at radius 1 is 1.22 bits per heavy atom. The molecule has 0 aliphatic carbocycles. The number of para-hydroxylation sites is 1. The average Bonchev–Trinajstić information content (AvgIpc) is 2.54. The number of nitrogens with zero attached hydrogens (tertiary/aromatic N) is 2. The van der Waals surface area contributed by atoms with E-state index in [1.165, 1.54) is 4.90 Å². The summed E-state index contributed by atoms with van der Waals surface area (Å²) in [6, 6.07) is 12.5. The summed E-state index contributed by atoms with van der Waals surface area (Å²) in [6.45, 7) is 0. The van der Waals surface area contributed by atoms with Crippen LogP contribution in [0, 0.1) is 0 Å². The van der Waals surface area contributed by atoms with Crippen molar-refractivity contribution in [1.29, 1.82) is 0 Å². The van der Waals surface area contributed by atoms with Gasteiger partial charge >= 0.3 is 6.03 Å². The molecular formula is C16H13Cl2N3OS. The zero-order valence-corrected chi connectivity index (χ0v) is 14.5. The zero-order chi connectivity index (χ0) is 16.4. The summed E-state index contributed by atoms with van der Waals surface area (Å²) in [6.07, 6.45) is 0. The number of anilines is 2.